The number of esters is 1. The fourth-order valence-corrected chi connectivity index (χ4v) is 4.41. The maximum absolute atomic E-state index is 12.4. The molecule has 4 N–H and O–H groups in total. The van der Waals surface area contributed by atoms with Gasteiger partial charge >= 0.3 is 12.0 Å². The number of carbonyl (C=O) groups is 2. The maximum atomic E-state index is 12.4. The molecule has 0 unspecified atom stereocenters. The number of amides is 2. The van der Waals surface area contributed by atoms with E-state index < -0.39 is 29.2 Å². The highest BCUT2D eigenvalue weighted by atomic mass is 16.6. The third-order valence-electron chi connectivity index (χ3n) is 6.56. The molecule has 0 bridgehead atoms. The minimum absolute atomic E-state index is 0.0000419. The number of ether oxygens (including phenoxy) is 4. The fourth-order valence-electron chi connectivity index (χ4n) is 4.41. The number of methoxy groups -OCH3 is 1. The second-order valence-electron chi connectivity index (χ2n) is 9.67. The second kappa shape index (κ2) is 15.2. The van der Waals surface area contributed by atoms with Crippen LogP contribution in [0.15, 0.2) is 83.1 Å². The van der Waals surface area contributed by atoms with Crippen molar-refractivity contribution in [1.29, 1.82) is 0 Å². The Morgan fingerprint density at radius 2 is 1.84 bits per heavy atom. The monoisotopic (exact) mass is 619 g/mol. The van der Waals surface area contributed by atoms with Gasteiger partial charge in [0, 0.05) is 23.4 Å². The summed E-state index contributed by atoms with van der Waals surface area (Å²) in [6.45, 7) is 3.73. The Balaban J connectivity index is 1.37. The normalized spacial score (nSPS) is 15.1. The summed E-state index contributed by atoms with van der Waals surface area (Å²) in [6.07, 6.45) is 0.292. The molecule has 14 heteroatoms. The lowest BCUT2D eigenvalue weighted by molar-refractivity contribution is -0.384. The summed E-state index contributed by atoms with van der Waals surface area (Å²) in [5, 5.41) is 30.7. The maximum Gasteiger partial charge on any atom is 0.337 e. The van der Waals surface area contributed by atoms with Crippen LogP contribution in [0, 0.1) is 10.1 Å². The van der Waals surface area contributed by atoms with Gasteiger partial charge < -0.3 is 34.7 Å². The summed E-state index contributed by atoms with van der Waals surface area (Å²) >= 11 is 0. The van der Waals surface area contributed by atoms with Crippen LogP contribution in [0.25, 0.3) is 0 Å². The lowest BCUT2D eigenvalue weighted by atomic mass is 9.95. The zero-order chi connectivity index (χ0) is 32.3. The number of hydrogen-bond donors (Lipinski definition) is 4. The van der Waals surface area contributed by atoms with Crippen LogP contribution in [0.3, 0.4) is 0 Å². The number of aliphatic hydroxyl groups excluding tert-OH is 1. The predicted molar refractivity (Wildman–Crippen MR) is 163 cm³/mol. The average Bonchev–Trinajstić information content (AvgIpc) is 3.03. The molecule has 0 aromatic heterocycles. The molecule has 1 aliphatic rings. The number of non-ortho nitro benzene ring substituents is 1. The van der Waals surface area contributed by atoms with Gasteiger partial charge in [-0.05, 0) is 61.4 Å². The molecule has 0 radical (unpaired) electrons. The third kappa shape index (κ3) is 8.48. The van der Waals surface area contributed by atoms with Crippen LogP contribution in [0.1, 0.15) is 36.6 Å². The molecule has 14 nitrogen and oxygen atoms in total. The van der Waals surface area contributed by atoms with Gasteiger partial charge in [0.2, 0.25) is 0 Å². The molecular formula is C31H33N5O9. The van der Waals surface area contributed by atoms with E-state index in [9.17, 15) is 24.8 Å². The molecule has 1 heterocycles. The van der Waals surface area contributed by atoms with Crippen molar-refractivity contribution in [2.45, 2.75) is 32.7 Å². The molecular weight excluding hydrogens is 586 g/mol. The summed E-state index contributed by atoms with van der Waals surface area (Å²) in [6, 6.07) is 16.9. The van der Waals surface area contributed by atoms with E-state index in [1.807, 2.05) is 0 Å². The van der Waals surface area contributed by atoms with Crippen LogP contribution < -0.4 is 30.3 Å². The molecule has 2 amide bonds. The number of allylic oxidation sites excluding steroid dienone is 1. The summed E-state index contributed by atoms with van der Waals surface area (Å²) in [7, 11) is 1.26. The topological polar surface area (TPSA) is 183 Å². The molecule has 3 aromatic rings. The highest BCUT2D eigenvalue weighted by molar-refractivity contribution is 5.95. The number of hydrazone groups is 1. The third-order valence-corrected chi connectivity index (χ3v) is 6.56. The van der Waals surface area contributed by atoms with Crippen LogP contribution in [-0.4, -0.2) is 54.8 Å². The highest BCUT2D eigenvalue weighted by Gasteiger charge is 2.32. The van der Waals surface area contributed by atoms with Crippen LogP contribution >= 0.6 is 0 Å². The van der Waals surface area contributed by atoms with Crippen molar-refractivity contribution in [2.75, 3.05) is 20.3 Å². The zero-order valence-electron chi connectivity index (χ0n) is 24.8. The Kier molecular flexibility index (Phi) is 10.9. The predicted octanol–water partition coefficient (Wildman–Crippen LogP) is 3.69. The van der Waals surface area contributed by atoms with Gasteiger partial charge in [0.05, 0.1) is 36.5 Å². The number of hydrogen-bond acceptors (Lipinski definition) is 11. The van der Waals surface area contributed by atoms with Crippen molar-refractivity contribution in [3.63, 3.8) is 0 Å². The number of para-hydroxylation sites is 1. The van der Waals surface area contributed by atoms with Crippen molar-refractivity contribution >= 4 is 23.9 Å². The lowest BCUT2D eigenvalue weighted by Crippen LogP contribution is -2.45. The van der Waals surface area contributed by atoms with E-state index >= 15 is 0 Å². The number of nitro groups is 1. The van der Waals surface area contributed by atoms with Crippen LogP contribution in [0.4, 0.5) is 10.5 Å². The average molecular weight is 620 g/mol. The van der Waals surface area contributed by atoms with Crippen molar-refractivity contribution in [3.8, 4) is 17.2 Å². The molecule has 0 fully saturated rings. The minimum atomic E-state index is -1.19. The van der Waals surface area contributed by atoms with Gasteiger partial charge in [0.25, 0.3) is 5.69 Å². The van der Waals surface area contributed by atoms with Gasteiger partial charge in [-0.1, -0.05) is 18.2 Å². The van der Waals surface area contributed by atoms with Gasteiger partial charge in [0.1, 0.15) is 19.0 Å². The van der Waals surface area contributed by atoms with E-state index in [2.05, 4.69) is 21.2 Å². The van der Waals surface area contributed by atoms with Gasteiger partial charge in [-0.3, -0.25) is 15.5 Å². The van der Waals surface area contributed by atoms with E-state index in [0.29, 0.717) is 40.7 Å². The van der Waals surface area contributed by atoms with Gasteiger partial charge in [-0.15, -0.1) is 0 Å². The number of nitro benzene ring substituents is 1. The van der Waals surface area contributed by atoms with E-state index in [1.165, 1.54) is 25.5 Å². The van der Waals surface area contributed by atoms with Crippen molar-refractivity contribution in [2.24, 2.45) is 5.10 Å². The Morgan fingerprint density at radius 1 is 1.09 bits per heavy atom. The fraction of sp³-hybridized carbons (Fsp3) is 0.258. The summed E-state index contributed by atoms with van der Waals surface area (Å²) in [4.78, 5) is 35.0. The lowest BCUT2D eigenvalue weighted by Gasteiger charge is -2.28. The van der Waals surface area contributed by atoms with Gasteiger partial charge in [0.15, 0.2) is 17.7 Å². The first-order chi connectivity index (χ1) is 21.7. The SMILES string of the molecule is CCOc1cc([C@H]2NC(=O)NC(C)=C2C(=O)OC)ccc1OC[C@@H](O)N/N=C\c1ccccc1OCc1ccc([N+](=O)[O-])cc1. The number of nitrogens with one attached hydrogen (secondary N) is 3. The molecule has 1 aliphatic heterocycles. The van der Waals surface area contributed by atoms with E-state index in [-0.39, 0.29) is 24.5 Å². The van der Waals surface area contributed by atoms with Crippen LogP contribution in [0.2, 0.25) is 0 Å². The molecule has 45 heavy (non-hydrogen) atoms. The molecule has 2 atom stereocenters. The molecule has 0 spiro atoms. The van der Waals surface area contributed by atoms with E-state index in [4.69, 9.17) is 18.9 Å². The second-order valence-corrected chi connectivity index (χ2v) is 9.67. The standard InChI is InChI=1S/C31H33N5O9/c1-4-43-26-15-21(29-28(30(38)42-3)19(2)33-31(39)34-29)11-14-25(26)45-18-27(37)35-32-16-22-7-5-6-8-24(22)44-17-20-9-12-23(13-10-20)36(40)41/h5-16,27,29,35,37H,4,17-18H2,1-3H3,(H2,33,34,39)/b32-16-/t27-,29-/m1/s1. The first-order valence-corrected chi connectivity index (χ1v) is 13.9. The number of carbonyl (C=O) groups excluding carboxylic acids is 2. The van der Waals surface area contributed by atoms with Crippen molar-refractivity contribution in [1.82, 2.24) is 16.1 Å². The molecule has 0 saturated heterocycles. The van der Waals surface area contributed by atoms with Gasteiger partial charge in [-0.25, -0.2) is 9.59 Å². The Hall–Kier alpha value is -5.63. The summed E-state index contributed by atoms with van der Waals surface area (Å²) in [5.74, 6) is 0.617. The molecule has 0 saturated carbocycles. The van der Waals surface area contributed by atoms with Crippen molar-refractivity contribution in [3.05, 3.63) is 105 Å². The molecule has 3 aromatic carbocycles. The molecule has 0 aliphatic carbocycles. The van der Waals surface area contributed by atoms with E-state index in [0.717, 1.165) is 5.56 Å². The number of rotatable bonds is 14. The quantitative estimate of drug-likeness (QED) is 0.0683. The smallest absolute Gasteiger partial charge is 0.337 e. The largest absolute Gasteiger partial charge is 0.490 e. The molecule has 236 valence electrons. The Morgan fingerprint density at radius 3 is 2.56 bits per heavy atom. The minimum Gasteiger partial charge on any atom is -0.490 e. The molecule has 4 rings (SSSR count). The zero-order valence-corrected chi connectivity index (χ0v) is 24.8. The number of aliphatic hydroxyl groups is 1. The van der Waals surface area contributed by atoms with E-state index in [1.54, 1.807) is 68.4 Å². The number of urea groups is 1. The summed E-state index contributed by atoms with van der Waals surface area (Å²) < 4.78 is 22.3. The highest BCUT2D eigenvalue weighted by Crippen LogP contribution is 2.35. The Labute approximate surface area is 258 Å². The number of benzene rings is 3. The van der Waals surface area contributed by atoms with Crippen LogP contribution in [0.5, 0.6) is 17.2 Å². The number of nitrogens with zero attached hydrogens (tertiary/aromatic N) is 2. The Bertz CT molecular complexity index is 1590. The van der Waals surface area contributed by atoms with Crippen LogP contribution in [-0.2, 0) is 16.1 Å². The van der Waals surface area contributed by atoms with Gasteiger partial charge in [-0.2, -0.15) is 5.10 Å². The first kappa shape index (κ1) is 32.3. The first-order valence-electron chi connectivity index (χ1n) is 13.9. The van der Waals surface area contributed by atoms with Crippen molar-refractivity contribution < 1.29 is 38.6 Å². The summed E-state index contributed by atoms with van der Waals surface area (Å²) in [5.41, 5.74) is 5.19.